The number of hydrogen-bond donors (Lipinski definition) is 0. The highest BCUT2D eigenvalue weighted by molar-refractivity contribution is 7.99. The number of benzene rings is 2. The molecule has 2 aromatic carbocycles. The Balaban J connectivity index is 1.24. The third-order valence-corrected chi connectivity index (χ3v) is 9.28. The van der Waals surface area contributed by atoms with E-state index in [1.165, 1.54) is 30.0 Å². The van der Waals surface area contributed by atoms with Gasteiger partial charge in [-0.15, -0.1) is 0 Å². The van der Waals surface area contributed by atoms with Gasteiger partial charge in [0.2, 0.25) is 0 Å². The number of carbonyl (C=O) groups is 1. The van der Waals surface area contributed by atoms with Crippen LogP contribution >= 0.6 is 35.0 Å². The summed E-state index contributed by atoms with van der Waals surface area (Å²) >= 11 is 14.0. The van der Waals surface area contributed by atoms with Crippen molar-refractivity contribution >= 4 is 46.6 Å². The Bertz CT molecular complexity index is 1270. The first kappa shape index (κ1) is 25.5. The summed E-state index contributed by atoms with van der Waals surface area (Å²) in [5, 5.41) is 1.00. The number of Topliss-reactive ketones (excluding diaryl/α,β-unsaturated/α-hetero) is 1. The summed E-state index contributed by atoms with van der Waals surface area (Å²) in [6, 6.07) is 9.70. The van der Waals surface area contributed by atoms with Gasteiger partial charge in [0, 0.05) is 42.0 Å². The average Bonchev–Trinajstić information content (AvgIpc) is 3.23. The summed E-state index contributed by atoms with van der Waals surface area (Å²) in [4.78, 5) is 25.1. The van der Waals surface area contributed by atoms with Crippen LogP contribution in [0.15, 0.2) is 58.7 Å². The van der Waals surface area contributed by atoms with Crippen LogP contribution in [0.3, 0.4) is 0 Å². The second kappa shape index (κ2) is 10.7. The number of aromatic nitrogens is 2. The van der Waals surface area contributed by atoms with E-state index in [-0.39, 0.29) is 22.8 Å². The van der Waals surface area contributed by atoms with E-state index in [9.17, 15) is 9.18 Å². The Morgan fingerprint density at radius 2 is 1.92 bits per heavy atom. The van der Waals surface area contributed by atoms with Crippen molar-refractivity contribution in [2.45, 2.75) is 36.1 Å². The molecule has 0 bridgehead atoms. The number of carbonyl (C=O) groups excluding carboxylic acids is 1. The summed E-state index contributed by atoms with van der Waals surface area (Å²) in [5.74, 6) is 0.560. The summed E-state index contributed by atoms with van der Waals surface area (Å²) in [7, 11) is 0. The lowest BCUT2D eigenvalue weighted by Crippen LogP contribution is -2.43. The number of piperidine rings is 1. The monoisotopic (exact) mass is 545 g/mol. The lowest BCUT2D eigenvalue weighted by molar-refractivity contribution is 0.0992. The van der Waals surface area contributed by atoms with Crippen molar-refractivity contribution in [1.29, 1.82) is 0 Å². The highest BCUT2D eigenvalue weighted by Crippen LogP contribution is 2.44. The maximum Gasteiger partial charge on any atom is 0.168 e. The Morgan fingerprint density at radius 3 is 2.61 bits per heavy atom. The zero-order valence-corrected chi connectivity index (χ0v) is 22.2. The predicted molar refractivity (Wildman–Crippen MR) is 141 cm³/mol. The number of ether oxygens (including phenoxy) is 1. The SMILES string of the molecule is C[C@@H]1COCC12CCN(c1cnc(Sc3cccc(CC(=O)c4cccc(F)c4Cl)c3Cl)cn1)CC2. The smallest absolute Gasteiger partial charge is 0.168 e. The Morgan fingerprint density at radius 1 is 1.14 bits per heavy atom. The lowest BCUT2D eigenvalue weighted by Gasteiger charge is -2.41. The van der Waals surface area contributed by atoms with Crippen molar-refractivity contribution < 1.29 is 13.9 Å². The number of anilines is 1. The number of rotatable bonds is 6. The molecule has 1 aromatic heterocycles. The van der Waals surface area contributed by atoms with E-state index in [4.69, 9.17) is 27.9 Å². The van der Waals surface area contributed by atoms with E-state index in [2.05, 4.69) is 21.8 Å². The molecule has 2 fully saturated rings. The molecule has 36 heavy (non-hydrogen) atoms. The van der Waals surface area contributed by atoms with Crippen molar-refractivity contribution in [3.05, 3.63) is 75.8 Å². The van der Waals surface area contributed by atoms with Gasteiger partial charge in [0.05, 0.1) is 29.0 Å². The van der Waals surface area contributed by atoms with Crippen molar-refractivity contribution in [1.82, 2.24) is 9.97 Å². The fourth-order valence-electron chi connectivity index (χ4n) is 4.97. The molecule has 0 saturated carbocycles. The summed E-state index contributed by atoms with van der Waals surface area (Å²) < 4.78 is 19.5. The van der Waals surface area contributed by atoms with Gasteiger partial charge < -0.3 is 9.64 Å². The summed E-state index contributed by atoms with van der Waals surface area (Å²) in [6.45, 7) is 5.92. The van der Waals surface area contributed by atoms with Crippen molar-refractivity contribution in [2.75, 3.05) is 31.2 Å². The lowest BCUT2D eigenvalue weighted by atomic mass is 9.72. The van der Waals surface area contributed by atoms with E-state index in [1.54, 1.807) is 12.3 Å². The molecule has 2 aliphatic rings. The maximum absolute atomic E-state index is 13.8. The molecule has 2 aliphatic heterocycles. The van der Waals surface area contributed by atoms with Crippen LogP contribution in [0.5, 0.6) is 0 Å². The number of nitrogens with zero attached hydrogens (tertiary/aromatic N) is 3. The van der Waals surface area contributed by atoms with Gasteiger partial charge in [-0.1, -0.05) is 60.1 Å². The molecule has 3 heterocycles. The summed E-state index contributed by atoms with van der Waals surface area (Å²) in [6.07, 6.45) is 5.79. The van der Waals surface area contributed by atoms with Crippen LogP contribution in [-0.4, -0.2) is 42.1 Å². The van der Waals surface area contributed by atoms with Gasteiger partial charge >= 0.3 is 0 Å². The van der Waals surface area contributed by atoms with Crippen LogP contribution in [0, 0.1) is 17.2 Å². The zero-order valence-electron chi connectivity index (χ0n) is 19.8. The fourth-order valence-corrected chi connectivity index (χ4v) is 6.32. The standard InChI is InChI=1S/C27H26Cl2FN3O2S/c1-17-15-35-16-27(17)8-10-33(11-9-27)23-13-32-24(14-31-23)36-22-7-2-4-18(25(22)28)12-21(34)19-5-3-6-20(30)26(19)29/h2-7,13-14,17H,8-12,15-16H2,1H3/t17-/m1/s1. The molecule has 5 rings (SSSR count). The van der Waals surface area contributed by atoms with Gasteiger partial charge in [0.15, 0.2) is 5.78 Å². The van der Waals surface area contributed by atoms with Crippen LogP contribution in [0.4, 0.5) is 10.2 Å². The van der Waals surface area contributed by atoms with Crippen molar-refractivity contribution in [2.24, 2.45) is 11.3 Å². The molecular weight excluding hydrogens is 520 g/mol. The molecule has 2 saturated heterocycles. The van der Waals surface area contributed by atoms with Crippen LogP contribution in [0.1, 0.15) is 35.7 Å². The molecular formula is C27H26Cl2FN3O2S. The first-order valence-corrected chi connectivity index (χ1v) is 13.5. The molecule has 0 amide bonds. The van der Waals surface area contributed by atoms with Crippen LogP contribution < -0.4 is 4.90 Å². The zero-order chi connectivity index (χ0) is 25.3. The minimum Gasteiger partial charge on any atom is -0.381 e. The second-order valence-corrected chi connectivity index (χ2v) is 11.3. The third-order valence-electron chi connectivity index (χ3n) is 7.36. The number of halogens is 3. The predicted octanol–water partition coefficient (Wildman–Crippen LogP) is 6.75. The molecule has 0 radical (unpaired) electrons. The van der Waals surface area contributed by atoms with Gasteiger partial charge in [-0.3, -0.25) is 4.79 Å². The minimum absolute atomic E-state index is 0.0150. The quantitative estimate of drug-likeness (QED) is 0.319. The molecule has 188 valence electrons. The topological polar surface area (TPSA) is 55.3 Å². The van der Waals surface area contributed by atoms with Crippen LogP contribution in [-0.2, 0) is 11.2 Å². The molecule has 5 nitrogen and oxygen atoms in total. The van der Waals surface area contributed by atoms with Gasteiger partial charge in [-0.25, -0.2) is 14.4 Å². The Labute approximate surface area is 224 Å². The van der Waals surface area contributed by atoms with Crippen LogP contribution in [0.25, 0.3) is 0 Å². The largest absolute Gasteiger partial charge is 0.381 e. The third kappa shape index (κ3) is 5.12. The highest BCUT2D eigenvalue weighted by Gasteiger charge is 2.43. The molecule has 1 atom stereocenters. The normalized spacial score (nSPS) is 19.1. The molecule has 9 heteroatoms. The van der Waals surface area contributed by atoms with Crippen molar-refractivity contribution in [3.8, 4) is 0 Å². The molecule has 0 unspecified atom stereocenters. The van der Waals surface area contributed by atoms with Gasteiger partial charge in [0.25, 0.3) is 0 Å². The van der Waals surface area contributed by atoms with E-state index < -0.39 is 5.82 Å². The van der Waals surface area contributed by atoms with Crippen molar-refractivity contribution in [3.63, 3.8) is 0 Å². The molecule has 0 N–H and O–H groups in total. The van der Waals surface area contributed by atoms with Crippen LogP contribution in [0.2, 0.25) is 10.0 Å². The fraction of sp³-hybridized carbons (Fsp3) is 0.370. The highest BCUT2D eigenvalue weighted by atomic mass is 35.5. The molecule has 3 aromatic rings. The summed E-state index contributed by atoms with van der Waals surface area (Å²) in [5.41, 5.74) is 1.10. The van der Waals surface area contributed by atoms with Gasteiger partial charge in [-0.05, 0) is 42.5 Å². The molecule has 0 aliphatic carbocycles. The van der Waals surface area contributed by atoms with Gasteiger partial charge in [-0.2, -0.15) is 0 Å². The first-order valence-electron chi connectivity index (χ1n) is 11.9. The number of ketones is 1. The van der Waals surface area contributed by atoms with E-state index in [1.807, 2.05) is 18.3 Å². The van der Waals surface area contributed by atoms with E-state index in [0.29, 0.717) is 26.9 Å². The Kier molecular flexibility index (Phi) is 7.54. The second-order valence-electron chi connectivity index (χ2n) is 9.51. The van der Waals surface area contributed by atoms with E-state index >= 15 is 0 Å². The average molecular weight is 546 g/mol. The Hall–Kier alpha value is -2.19. The molecule has 1 spiro atoms. The first-order chi connectivity index (χ1) is 17.4. The maximum atomic E-state index is 13.8. The minimum atomic E-state index is -0.619. The number of hydrogen-bond acceptors (Lipinski definition) is 6. The van der Waals surface area contributed by atoms with Gasteiger partial charge in [0.1, 0.15) is 16.7 Å². The van der Waals surface area contributed by atoms with E-state index in [0.717, 1.165) is 49.9 Å².